The number of piperazine rings is 1. The van der Waals surface area contributed by atoms with Crippen molar-refractivity contribution in [2.75, 3.05) is 38.5 Å². The summed E-state index contributed by atoms with van der Waals surface area (Å²) in [5.74, 6) is 0.426. The Morgan fingerprint density at radius 3 is 2.81 bits per heavy atom. The van der Waals surface area contributed by atoms with Gasteiger partial charge in [0.2, 0.25) is 0 Å². The van der Waals surface area contributed by atoms with Gasteiger partial charge < -0.3 is 9.80 Å². The zero-order chi connectivity index (χ0) is 18.1. The van der Waals surface area contributed by atoms with E-state index in [1.54, 1.807) is 23.5 Å². The maximum absolute atomic E-state index is 12.4. The summed E-state index contributed by atoms with van der Waals surface area (Å²) < 4.78 is 0. The number of amides is 2. The van der Waals surface area contributed by atoms with Gasteiger partial charge in [-0.15, -0.1) is 0 Å². The fraction of sp³-hybridized carbons (Fsp3) is 0.353. The highest BCUT2D eigenvalue weighted by Crippen LogP contribution is 2.22. The van der Waals surface area contributed by atoms with Crippen LogP contribution in [-0.2, 0) is 0 Å². The minimum absolute atomic E-state index is 0.149. The highest BCUT2D eigenvalue weighted by molar-refractivity contribution is 5.88. The average Bonchev–Trinajstić information content (AvgIpc) is 3.03. The molecule has 1 fully saturated rings. The molecule has 26 heavy (non-hydrogen) atoms. The average molecular weight is 352 g/mol. The van der Waals surface area contributed by atoms with Gasteiger partial charge in [0.15, 0.2) is 11.5 Å². The molecule has 0 aromatic carbocycles. The zero-order valence-electron chi connectivity index (χ0n) is 14.7. The summed E-state index contributed by atoms with van der Waals surface area (Å²) in [6, 6.07) is 1.82. The number of hydrogen-bond donors (Lipinski definition) is 2. The van der Waals surface area contributed by atoms with Crippen LogP contribution in [0.4, 0.5) is 10.6 Å². The van der Waals surface area contributed by atoms with Crippen molar-refractivity contribution in [1.82, 2.24) is 34.9 Å². The molecule has 4 rings (SSSR count). The standard InChI is InChI=1S/C17H20N8O/c1-11-13-7-12(8-19-16(13)23-22-11)14-9-18-10-15(20-14)21-17(26)25-5-3-24(2)4-6-25/h7-10H,3-6H2,1-2H3,(H,19,22,23)(H,20,21,26). The molecular weight excluding hydrogens is 332 g/mol. The van der Waals surface area contributed by atoms with Crippen LogP contribution < -0.4 is 5.32 Å². The predicted octanol–water partition coefficient (Wildman–Crippen LogP) is 1.50. The molecule has 2 N–H and O–H groups in total. The van der Waals surface area contributed by atoms with Crippen molar-refractivity contribution in [2.45, 2.75) is 6.92 Å². The van der Waals surface area contributed by atoms with Gasteiger partial charge in [-0.25, -0.2) is 14.8 Å². The third-order valence-corrected chi connectivity index (χ3v) is 4.56. The molecule has 2 amide bonds. The Labute approximate surface area is 150 Å². The van der Waals surface area contributed by atoms with Crippen LogP contribution in [0, 0.1) is 6.92 Å². The van der Waals surface area contributed by atoms with E-state index >= 15 is 0 Å². The second kappa shape index (κ2) is 6.68. The molecular formula is C17H20N8O. The maximum atomic E-state index is 12.4. The molecule has 0 radical (unpaired) electrons. The minimum Gasteiger partial charge on any atom is -0.322 e. The molecule has 3 aromatic heterocycles. The number of nitrogens with one attached hydrogen (secondary N) is 2. The molecule has 0 saturated carbocycles. The first-order valence-corrected chi connectivity index (χ1v) is 8.48. The summed E-state index contributed by atoms with van der Waals surface area (Å²) >= 11 is 0. The first-order chi connectivity index (χ1) is 12.6. The van der Waals surface area contributed by atoms with Crippen LogP contribution in [0.1, 0.15) is 5.69 Å². The Balaban J connectivity index is 1.54. The lowest BCUT2D eigenvalue weighted by Gasteiger charge is -2.32. The van der Waals surface area contributed by atoms with Crippen LogP contribution in [0.3, 0.4) is 0 Å². The van der Waals surface area contributed by atoms with Gasteiger partial charge in [0.05, 0.1) is 18.1 Å². The molecule has 9 nitrogen and oxygen atoms in total. The minimum atomic E-state index is -0.149. The molecule has 0 atom stereocenters. The van der Waals surface area contributed by atoms with E-state index in [0.29, 0.717) is 30.2 Å². The normalized spacial score (nSPS) is 15.4. The Morgan fingerprint density at radius 2 is 2.00 bits per heavy atom. The second-order valence-electron chi connectivity index (χ2n) is 6.45. The molecule has 0 aliphatic carbocycles. The number of anilines is 1. The Kier molecular flexibility index (Phi) is 4.21. The van der Waals surface area contributed by atoms with Crippen molar-refractivity contribution < 1.29 is 4.79 Å². The lowest BCUT2D eigenvalue weighted by molar-refractivity contribution is 0.164. The number of carbonyl (C=O) groups is 1. The Bertz CT molecular complexity index is 945. The monoisotopic (exact) mass is 352 g/mol. The molecule has 3 aromatic rings. The van der Waals surface area contributed by atoms with Gasteiger partial charge in [0, 0.05) is 49.0 Å². The number of rotatable bonds is 2. The number of urea groups is 1. The number of likely N-dealkylation sites (N-methyl/N-ethyl adjacent to an activating group) is 1. The Hall–Kier alpha value is -3.07. The molecule has 1 aliphatic heterocycles. The summed E-state index contributed by atoms with van der Waals surface area (Å²) in [6.07, 6.45) is 4.91. The lowest BCUT2D eigenvalue weighted by Crippen LogP contribution is -2.48. The highest BCUT2D eigenvalue weighted by Gasteiger charge is 2.19. The van der Waals surface area contributed by atoms with Crippen LogP contribution in [0.5, 0.6) is 0 Å². The number of carbonyl (C=O) groups excluding carboxylic acids is 1. The second-order valence-corrected chi connectivity index (χ2v) is 6.45. The van der Waals surface area contributed by atoms with Gasteiger partial charge >= 0.3 is 6.03 Å². The molecule has 4 heterocycles. The van der Waals surface area contributed by atoms with E-state index in [0.717, 1.165) is 29.7 Å². The maximum Gasteiger partial charge on any atom is 0.323 e. The molecule has 0 unspecified atom stereocenters. The molecule has 0 bridgehead atoms. The first kappa shape index (κ1) is 16.4. The van der Waals surface area contributed by atoms with E-state index < -0.39 is 0 Å². The van der Waals surface area contributed by atoms with E-state index in [1.807, 2.05) is 13.0 Å². The molecule has 134 valence electrons. The number of aryl methyl sites for hydroxylation is 1. The SMILES string of the molecule is Cc1[nH]nc2ncc(-c3cncc(NC(=O)N4CCN(C)CC4)n3)cc12. The van der Waals surface area contributed by atoms with E-state index in [4.69, 9.17) is 0 Å². The highest BCUT2D eigenvalue weighted by atomic mass is 16.2. The number of aromatic nitrogens is 5. The molecule has 1 saturated heterocycles. The largest absolute Gasteiger partial charge is 0.323 e. The summed E-state index contributed by atoms with van der Waals surface area (Å²) in [5.41, 5.74) is 3.09. The van der Waals surface area contributed by atoms with E-state index in [2.05, 4.69) is 42.4 Å². The van der Waals surface area contributed by atoms with Gasteiger partial charge in [0.1, 0.15) is 0 Å². The first-order valence-electron chi connectivity index (χ1n) is 8.48. The molecule has 1 aliphatic rings. The van der Waals surface area contributed by atoms with Crippen molar-refractivity contribution in [3.8, 4) is 11.3 Å². The van der Waals surface area contributed by atoms with Crippen LogP contribution in [0.25, 0.3) is 22.3 Å². The fourth-order valence-corrected chi connectivity index (χ4v) is 2.92. The Morgan fingerprint density at radius 1 is 1.19 bits per heavy atom. The van der Waals surface area contributed by atoms with Gasteiger partial charge in [-0.05, 0) is 20.0 Å². The van der Waals surface area contributed by atoms with Crippen molar-refractivity contribution in [3.63, 3.8) is 0 Å². The predicted molar refractivity (Wildman–Crippen MR) is 97.7 cm³/mol. The lowest BCUT2D eigenvalue weighted by atomic mass is 10.1. The van der Waals surface area contributed by atoms with Crippen molar-refractivity contribution in [1.29, 1.82) is 0 Å². The topological polar surface area (TPSA) is 103 Å². The van der Waals surface area contributed by atoms with E-state index in [9.17, 15) is 4.79 Å². The van der Waals surface area contributed by atoms with E-state index in [-0.39, 0.29) is 6.03 Å². The summed E-state index contributed by atoms with van der Waals surface area (Å²) in [4.78, 5) is 29.5. The van der Waals surface area contributed by atoms with Crippen LogP contribution in [0.2, 0.25) is 0 Å². The number of hydrogen-bond acceptors (Lipinski definition) is 6. The summed E-state index contributed by atoms with van der Waals surface area (Å²) in [6.45, 7) is 5.09. The van der Waals surface area contributed by atoms with Gasteiger partial charge in [0.25, 0.3) is 0 Å². The van der Waals surface area contributed by atoms with Crippen LogP contribution in [0.15, 0.2) is 24.7 Å². The number of nitrogens with zero attached hydrogens (tertiary/aromatic N) is 6. The van der Waals surface area contributed by atoms with Crippen molar-refractivity contribution >= 4 is 22.9 Å². The number of H-pyrrole nitrogens is 1. The summed E-state index contributed by atoms with van der Waals surface area (Å²) in [7, 11) is 2.05. The zero-order valence-corrected chi connectivity index (χ0v) is 14.7. The summed E-state index contributed by atoms with van der Waals surface area (Å²) in [5, 5.41) is 10.8. The van der Waals surface area contributed by atoms with Crippen LogP contribution >= 0.6 is 0 Å². The third kappa shape index (κ3) is 3.21. The number of pyridine rings is 1. The molecule has 0 spiro atoms. The van der Waals surface area contributed by atoms with Crippen molar-refractivity contribution in [2.24, 2.45) is 0 Å². The molecule has 9 heteroatoms. The third-order valence-electron chi connectivity index (χ3n) is 4.56. The van der Waals surface area contributed by atoms with Gasteiger partial charge in [-0.2, -0.15) is 5.10 Å². The van der Waals surface area contributed by atoms with Crippen LogP contribution in [-0.4, -0.2) is 74.2 Å². The van der Waals surface area contributed by atoms with Gasteiger partial charge in [-0.1, -0.05) is 0 Å². The fourth-order valence-electron chi connectivity index (χ4n) is 2.92. The number of aromatic amines is 1. The quantitative estimate of drug-likeness (QED) is 0.724. The smallest absolute Gasteiger partial charge is 0.322 e. The number of fused-ring (bicyclic) bond motifs is 1. The van der Waals surface area contributed by atoms with Gasteiger partial charge in [-0.3, -0.25) is 15.4 Å². The van der Waals surface area contributed by atoms with E-state index in [1.165, 1.54) is 0 Å². The van der Waals surface area contributed by atoms with Crippen molar-refractivity contribution in [3.05, 3.63) is 30.4 Å².